The Bertz CT molecular complexity index is 652. The van der Waals surface area contributed by atoms with Gasteiger partial charge in [-0.05, 0) is 29.8 Å². The van der Waals surface area contributed by atoms with E-state index in [1.54, 1.807) is 12.4 Å². The van der Waals surface area contributed by atoms with E-state index in [9.17, 15) is 0 Å². The van der Waals surface area contributed by atoms with Crippen molar-refractivity contribution in [2.75, 3.05) is 0 Å². The topological polar surface area (TPSA) is 64.7 Å². The molecule has 5 nitrogen and oxygen atoms in total. The zero-order valence-corrected chi connectivity index (χ0v) is 8.72. The lowest BCUT2D eigenvalue weighted by Crippen LogP contribution is -1.85. The van der Waals surface area contributed by atoms with E-state index in [-0.39, 0.29) is 5.35 Å². The average Bonchev–Trinajstić information content (AvgIpc) is 2.75. The van der Waals surface area contributed by atoms with E-state index in [0.717, 1.165) is 16.6 Å². The Morgan fingerprint density at radius 1 is 1.06 bits per heavy atom. The van der Waals surface area contributed by atoms with Crippen LogP contribution in [0.15, 0.2) is 35.1 Å². The molecular weight excluding hydrogens is 228 g/mol. The highest BCUT2D eigenvalue weighted by atomic mass is 35.5. The van der Waals surface area contributed by atoms with E-state index >= 15 is 0 Å². The van der Waals surface area contributed by atoms with Gasteiger partial charge >= 0.3 is 5.35 Å². The molecule has 0 aliphatic heterocycles. The summed E-state index contributed by atoms with van der Waals surface area (Å²) in [5.74, 6) is 0.442. The van der Waals surface area contributed by atoms with Gasteiger partial charge in [0.2, 0.25) is 5.82 Å². The Hall–Kier alpha value is -2.01. The highest BCUT2D eigenvalue weighted by Gasteiger charge is 2.07. The molecule has 0 aliphatic rings. The maximum Gasteiger partial charge on any atom is 0.320 e. The zero-order valence-electron chi connectivity index (χ0n) is 7.96. The van der Waals surface area contributed by atoms with Gasteiger partial charge in [0.1, 0.15) is 0 Å². The third-order valence-electron chi connectivity index (χ3n) is 2.13. The predicted molar refractivity (Wildman–Crippen MR) is 57.8 cm³/mol. The fourth-order valence-electron chi connectivity index (χ4n) is 1.42. The monoisotopic (exact) mass is 232 g/mol. The van der Waals surface area contributed by atoms with Crippen LogP contribution in [0.1, 0.15) is 0 Å². The lowest BCUT2D eigenvalue weighted by molar-refractivity contribution is 0.421. The van der Waals surface area contributed by atoms with E-state index in [0.29, 0.717) is 5.82 Å². The van der Waals surface area contributed by atoms with Crippen molar-refractivity contribution in [2.24, 2.45) is 0 Å². The van der Waals surface area contributed by atoms with Crippen molar-refractivity contribution in [1.29, 1.82) is 0 Å². The highest BCUT2D eigenvalue weighted by molar-refractivity contribution is 6.27. The third kappa shape index (κ3) is 1.51. The second-order valence-electron chi connectivity index (χ2n) is 3.13. The molecule has 1 aromatic carbocycles. The van der Waals surface area contributed by atoms with Gasteiger partial charge in [0.25, 0.3) is 0 Å². The summed E-state index contributed by atoms with van der Waals surface area (Å²) in [5, 5.41) is 3.75. The van der Waals surface area contributed by atoms with Gasteiger partial charge in [0.05, 0.1) is 11.0 Å². The third-order valence-corrected chi connectivity index (χ3v) is 2.28. The number of aromatic nitrogens is 4. The molecular formula is C10H5ClN4O. The van der Waals surface area contributed by atoms with Crippen LogP contribution in [0.25, 0.3) is 22.4 Å². The van der Waals surface area contributed by atoms with Crippen LogP contribution in [0.5, 0.6) is 0 Å². The molecule has 6 heteroatoms. The second kappa shape index (κ2) is 3.53. The van der Waals surface area contributed by atoms with Gasteiger partial charge in [-0.3, -0.25) is 9.97 Å². The number of rotatable bonds is 1. The SMILES string of the molecule is Clc1nc(-c2ccc3nccnc3c2)no1. The molecule has 2 heterocycles. The van der Waals surface area contributed by atoms with Crippen molar-refractivity contribution in [3.8, 4) is 11.4 Å². The molecule has 3 rings (SSSR count). The molecule has 78 valence electrons. The molecule has 0 bridgehead atoms. The summed E-state index contributed by atoms with van der Waals surface area (Å²) in [7, 11) is 0. The van der Waals surface area contributed by atoms with E-state index in [1.807, 2.05) is 18.2 Å². The van der Waals surface area contributed by atoms with Crippen LogP contribution in [0.3, 0.4) is 0 Å². The van der Waals surface area contributed by atoms with Gasteiger partial charge in [0.15, 0.2) is 0 Å². The summed E-state index contributed by atoms with van der Waals surface area (Å²) in [6.07, 6.45) is 3.28. The van der Waals surface area contributed by atoms with Gasteiger partial charge in [-0.15, -0.1) is 0 Å². The van der Waals surface area contributed by atoms with Crippen molar-refractivity contribution in [1.82, 2.24) is 20.1 Å². The molecule has 0 radical (unpaired) electrons. The van der Waals surface area contributed by atoms with Gasteiger partial charge < -0.3 is 4.52 Å². The summed E-state index contributed by atoms with van der Waals surface area (Å²) in [6.45, 7) is 0. The molecule has 0 spiro atoms. The van der Waals surface area contributed by atoms with Crippen molar-refractivity contribution in [3.05, 3.63) is 35.9 Å². The first kappa shape index (κ1) is 9.23. The quantitative estimate of drug-likeness (QED) is 0.644. The van der Waals surface area contributed by atoms with Crippen LogP contribution in [0.4, 0.5) is 0 Å². The van der Waals surface area contributed by atoms with E-state index < -0.39 is 0 Å². The molecule has 0 fully saturated rings. The molecule has 0 aliphatic carbocycles. The van der Waals surface area contributed by atoms with Crippen LogP contribution in [0.2, 0.25) is 5.35 Å². The number of nitrogens with zero attached hydrogens (tertiary/aromatic N) is 4. The average molecular weight is 233 g/mol. The lowest BCUT2D eigenvalue weighted by Gasteiger charge is -1.97. The number of hydrogen-bond donors (Lipinski definition) is 0. The fourth-order valence-corrected chi connectivity index (χ4v) is 1.54. The summed E-state index contributed by atoms with van der Waals surface area (Å²) < 4.78 is 4.70. The van der Waals surface area contributed by atoms with Gasteiger partial charge in [0, 0.05) is 18.0 Å². The smallest absolute Gasteiger partial charge is 0.320 e. The molecule has 2 aromatic heterocycles. The highest BCUT2D eigenvalue weighted by Crippen LogP contribution is 2.20. The normalized spacial score (nSPS) is 10.8. The largest absolute Gasteiger partial charge is 0.321 e. The predicted octanol–water partition coefficient (Wildman–Crippen LogP) is 2.33. The van der Waals surface area contributed by atoms with Crippen LogP contribution < -0.4 is 0 Å². The maximum atomic E-state index is 5.56. The molecule has 16 heavy (non-hydrogen) atoms. The van der Waals surface area contributed by atoms with Gasteiger partial charge in [-0.25, -0.2) is 0 Å². The lowest BCUT2D eigenvalue weighted by atomic mass is 10.2. The Balaban J connectivity index is 2.18. The Kier molecular flexibility index (Phi) is 2.04. The number of halogens is 1. The molecule has 0 unspecified atom stereocenters. The summed E-state index contributed by atoms with van der Waals surface area (Å²) in [4.78, 5) is 12.3. The molecule has 3 aromatic rings. The first-order valence-corrected chi connectivity index (χ1v) is 4.91. The number of benzene rings is 1. The van der Waals surface area contributed by atoms with Crippen LogP contribution in [-0.2, 0) is 0 Å². The second-order valence-corrected chi connectivity index (χ2v) is 3.45. The van der Waals surface area contributed by atoms with Crippen molar-refractivity contribution < 1.29 is 4.52 Å². The maximum absolute atomic E-state index is 5.56. The van der Waals surface area contributed by atoms with Crippen molar-refractivity contribution in [3.63, 3.8) is 0 Å². The first-order valence-electron chi connectivity index (χ1n) is 4.53. The number of hydrogen-bond acceptors (Lipinski definition) is 5. The van der Waals surface area contributed by atoms with Crippen molar-refractivity contribution >= 4 is 22.6 Å². The molecule has 0 saturated carbocycles. The minimum atomic E-state index is 0.0224. The van der Waals surface area contributed by atoms with Crippen LogP contribution in [-0.4, -0.2) is 20.1 Å². The number of fused-ring (bicyclic) bond motifs is 1. The summed E-state index contributed by atoms with van der Waals surface area (Å²) >= 11 is 5.56. The summed E-state index contributed by atoms with van der Waals surface area (Å²) in [6, 6.07) is 5.53. The Labute approximate surface area is 95.1 Å². The molecule has 0 amide bonds. The minimum absolute atomic E-state index is 0.0224. The molecule has 0 N–H and O–H groups in total. The van der Waals surface area contributed by atoms with Gasteiger partial charge in [-0.2, -0.15) is 4.98 Å². The zero-order chi connectivity index (χ0) is 11.0. The van der Waals surface area contributed by atoms with Gasteiger partial charge in [-0.1, -0.05) is 5.16 Å². The van der Waals surface area contributed by atoms with E-state index in [1.165, 1.54) is 0 Å². The first-order chi connectivity index (χ1) is 7.83. The summed E-state index contributed by atoms with van der Waals surface area (Å²) in [5.41, 5.74) is 2.39. The molecule has 0 atom stereocenters. The van der Waals surface area contributed by atoms with Crippen LogP contribution >= 0.6 is 11.6 Å². The van der Waals surface area contributed by atoms with Crippen molar-refractivity contribution in [2.45, 2.75) is 0 Å². The van der Waals surface area contributed by atoms with E-state index in [2.05, 4.69) is 20.1 Å². The molecule has 0 saturated heterocycles. The Morgan fingerprint density at radius 3 is 2.62 bits per heavy atom. The standard InChI is InChI=1S/C10H5ClN4O/c11-10-14-9(15-16-10)6-1-2-7-8(5-6)13-4-3-12-7/h1-5H. The van der Waals surface area contributed by atoms with E-state index in [4.69, 9.17) is 16.1 Å². The fraction of sp³-hybridized carbons (Fsp3) is 0. The van der Waals surface area contributed by atoms with Crippen LogP contribution in [0, 0.1) is 0 Å². The minimum Gasteiger partial charge on any atom is -0.321 e. The Morgan fingerprint density at radius 2 is 1.88 bits per heavy atom.